The Kier molecular flexibility index (Phi) is 8.67. The van der Waals surface area contributed by atoms with Gasteiger partial charge in [0.25, 0.3) is 0 Å². The molecule has 0 saturated carbocycles. The molecule has 1 aliphatic heterocycles. The Morgan fingerprint density at radius 3 is 2.53 bits per heavy atom. The molecule has 1 aromatic carbocycles. The number of nitrogens with one attached hydrogen (secondary N) is 1. The minimum atomic E-state index is 0.167. The lowest BCUT2D eigenvalue weighted by molar-refractivity contribution is -0.130. The van der Waals surface area contributed by atoms with Crippen LogP contribution in [0.3, 0.4) is 0 Å². The van der Waals surface area contributed by atoms with Crippen LogP contribution in [-0.4, -0.2) is 74.5 Å². The average molecular weight is 442 g/mol. The molecule has 0 atom stereocenters. The summed E-state index contributed by atoms with van der Waals surface area (Å²) in [6, 6.07) is 9.60. The summed E-state index contributed by atoms with van der Waals surface area (Å²) in [5.74, 6) is 2.95. The molecule has 8 heteroatoms. The molecule has 0 radical (unpaired) electrons. The van der Waals surface area contributed by atoms with Crippen molar-refractivity contribution in [2.75, 3.05) is 58.4 Å². The predicted molar refractivity (Wildman–Crippen MR) is 126 cm³/mol. The quantitative estimate of drug-likeness (QED) is 0.675. The Morgan fingerprint density at radius 1 is 1.03 bits per heavy atom. The van der Waals surface area contributed by atoms with Crippen molar-refractivity contribution >= 4 is 11.7 Å². The standard InChI is InChI=1S/C24H35N5O3/c1-18(2)16-25-17-24(30)29-12-6-5-11-28(13-14-29)23-10-9-21(26-27-23)20-8-7-19(31-3)15-22(20)32-4/h7-10,15,18,25H,5-6,11-14,16-17H2,1-4H3. The number of rotatable bonds is 8. The number of methoxy groups -OCH3 is 2. The SMILES string of the molecule is COc1ccc(-c2ccc(N3CCCCN(C(=O)CNCC(C)C)CC3)nn2)c(OC)c1. The van der Waals surface area contributed by atoms with E-state index in [0.717, 1.165) is 61.8 Å². The second-order valence-corrected chi connectivity index (χ2v) is 8.44. The van der Waals surface area contributed by atoms with E-state index in [0.29, 0.717) is 24.8 Å². The zero-order valence-corrected chi connectivity index (χ0v) is 19.6. The van der Waals surface area contributed by atoms with Crippen LogP contribution in [0.5, 0.6) is 11.5 Å². The molecule has 2 heterocycles. The van der Waals surface area contributed by atoms with Gasteiger partial charge in [-0.15, -0.1) is 10.2 Å². The number of hydrogen-bond donors (Lipinski definition) is 1. The summed E-state index contributed by atoms with van der Waals surface area (Å²) in [6.07, 6.45) is 2.00. The van der Waals surface area contributed by atoms with Crippen LogP contribution < -0.4 is 19.7 Å². The van der Waals surface area contributed by atoms with E-state index in [1.165, 1.54) is 0 Å². The van der Waals surface area contributed by atoms with E-state index in [9.17, 15) is 4.79 Å². The number of benzene rings is 1. The van der Waals surface area contributed by atoms with E-state index in [1.807, 2.05) is 35.2 Å². The molecule has 1 aromatic heterocycles. The Bertz CT molecular complexity index is 872. The monoisotopic (exact) mass is 441 g/mol. The van der Waals surface area contributed by atoms with Crippen LogP contribution in [0.4, 0.5) is 5.82 Å². The van der Waals surface area contributed by atoms with Crippen LogP contribution in [0.15, 0.2) is 30.3 Å². The van der Waals surface area contributed by atoms with Crippen LogP contribution in [-0.2, 0) is 4.79 Å². The van der Waals surface area contributed by atoms with Gasteiger partial charge in [-0.25, -0.2) is 0 Å². The molecule has 1 amide bonds. The maximum Gasteiger partial charge on any atom is 0.236 e. The summed E-state index contributed by atoms with van der Waals surface area (Å²) in [4.78, 5) is 16.8. The highest BCUT2D eigenvalue weighted by molar-refractivity contribution is 5.78. The first-order valence-electron chi connectivity index (χ1n) is 11.3. The Morgan fingerprint density at radius 2 is 1.84 bits per heavy atom. The van der Waals surface area contributed by atoms with Crippen molar-refractivity contribution in [1.29, 1.82) is 0 Å². The number of carbonyl (C=O) groups excluding carboxylic acids is 1. The van der Waals surface area contributed by atoms with Crippen molar-refractivity contribution in [2.24, 2.45) is 5.92 Å². The normalized spacial score (nSPS) is 14.8. The minimum Gasteiger partial charge on any atom is -0.497 e. The van der Waals surface area contributed by atoms with Crippen LogP contribution in [0.25, 0.3) is 11.3 Å². The smallest absolute Gasteiger partial charge is 0.236 e. The molecular formula is C24H35N5O3. The van der Waals surface area contributed by atoms with E-state index < -0.39 is 0 Å². The van der Waals surface area contributed by atoms with Gasteiger partial charge >= 0.3 is 0 Å². The van der Waals surface area contributed by atoms with E-state index in [4.69, 9.17) is 9.47 Å². The molecule has 1 saturated heterocycles. The second kappa shape index (κ2) is 11.7. The number of amides is 1. The zero-order valence-electron chi connectivity index (χ0n) is 19.6. The number of nitrogens with zero attached hydrogens (tertiary/aromatic N) is 4. The van der Waals surface area contributed by atoms with E-state index in [1.54, 1.807) is 14.2 Å². The molecule has 0 spiro atoms. The first-order chi connectivity index (χ1) is 15.5. The van der Waals surface area contributed by atoms with Gasteiger partial charge in [0, 0.05) is 37.8 Å². The number of hydrogen-bond acceptors (Lipinski definition) is 7. The molecule has 8 nitrogen and oxygen atoms in total. The molecule has 0 aliphatic carbocycles. The summed E-state index contributed by atoms with van der Waals surface area (Å²) in [5.41, 5.74) is 1.61. The van der Waals surface area contributed by atoms with Gasteiger partial charge < -0.3 is 24.6 Å². The fraction of sp³-hybridized carbons (Fsp3) is 0.542. The Hall–Kier alpha value is -2.87. The first kappa shape index (κ1) is 23.8. The predicted octanol–water partition coefficient (Wildman–Crippen LogP) is 2.84. The van der Waals surface area contributed by atoms with Gasteiger partial charge in [-0.05, 0) is 49.6 Å². The van der Waals surface area contributed by atoms with Crippen molar-refractivity contribution in [3.05, 3.63) is 30.3 Å². The summed E-state index contributed by atoms with van der Waals surface area (Å²) >= 11 is 0. The van der Waals surface area contributed by atoms with Gasteiger partial charge in [0.05, 0.1) is 26.5 Å². The van der Waals surface area contributed by atoms with Gasteiger partial charge in [0.2, 0.25) is 5.91 Å². The summed E-state index contributed by atoms with van der Waals surface area (Å²) in [5, 5.41) is 12.2. The lowest BCUT2D eigenvalue weighted by Gasteiger charge is -2.31. The molecule has 0 bridgehead atoms. The lowest BCUT2D eigenvalue weighted by Crippen LogP contribution is -2.45. The Labute approximate surface area is 190 Å². The molecule has 174 valence electrons. The molecular weight excluding hydrogens is 406 g/mol. The maximum atomic E-state index is 12.6. The Balaban J connectivity index is 1.65. The molecule has 0 unspecified atom stereocenters. The fourth-order valence-electron chi connectivity index (χ4n) is 3.78. The lowest BCUT2D eigenvalue weighted by atomic mass is 10.1. The molecule has 32 heavy (non-hydrogen) atoms. The van der Waals surface area contributed by atoms with Crippen LogP contribution in [0.2, 0.25) is 0 Å². The third kappa shape index (κ3) is 6.32. The number of carbonyl (C=O) groups is 1. The van der Waals surface area contributed by atoms with Gasteiger partial charge in [-0.3, -0.25) is 4.79 Å². The van der Waals surface area contributed by atoms with Crippen LogP contribution in [0.1, 0.15) is 26.7 Å². The van der Waals surface area contributed by atoms with Gasteiger partial charge in [0.15, 0.2) is 5.82 Å². The highest BCUT2D eigenvalue weighted by Crippen LogP contribution is 2.32. The summed E-state index contributed by atoms with van der Waals surface area (Å²) < 4.78 is 10.8. The zero-order chi connectivity index (χ0) is 22.9. The van der Waals surface area contributed by atoms with Crippen LogP contribution in [0, 0.1) is 5.92 Å². The van der Waals surface area contributed by atoms with E-state index >= 15 is 0 Å². The largest absolute Gasteiger partial charge is 0.497 e. The van der Waals surface area contributed by atoms with Crippen molar-refractivity contribution in [3.8, 4) is 22.8 Å². The van der Waals surface area contributed by atoms with Crippen molar-refractivity contribution in [2.45, 2.75) is 26.7 Å². The molecule has 1 N–H and O–H groups in total. The van der Waals surface area contributed by atoms with Crippen molar-refractivity contribution in [3.63, 3.8) is 0 Å². The average Bonchev–Trinajstić information content (AvgIpc) is 2.78. The topological polar surface area (TPSA) is 79.8 Å². The van der Waals surface area contributed by atoms with Gasteiger partial charge in [-0.2, -0.15) is 0 Å². The molecule has 1 aliphatic rings. The van der Waals surface area contributed by atoms with E-state index in [-0.39, 0.29) is 5.91 Å². The summed E-state index contributed by atoms with van der Waals surface area (Å²) in [7, 11) is 3.26. The van der Waals surface area contributed by atoms with Crippen LogP contribution >= 0.6 is 0 Å². The highest BCUT2D eigenvalue weighted by atomic mass is 16.5. The van der Waals surface area contributed by atoms with Gasteiger partial charge in [0.1, 0.15) is 11.5 Å². The molecule has 3 rings (SSSR count). The first-order valence-corrected chi connectivity index (χ1v) is 11.3. The fourth-order valence-corrected chi connectivity index (χ4v) is 3.78. The van der Waals surface area contributed by atoms with Gasteiger partial charge in [-0.1, -0.05) is 13.8 Å². The molecule has 1 fully saturated rings. The van der Waals surface area contributed by atoms with Crippen molar-refractivity contribution < 1.29 is 14.3 Å². The van der Waals surface area contributed by atoms with E-state index in [2.05, 4.69) is 34.3 Å². The number of anilines is 1. The van der Waals surface area contributed by atoms with Crippen molar-refractivity contribution in [1.82, 2.24) is 20.4 Å². The number of aromatic nitrogens is 2. The summed E-state index contributed by atoms with van der Waals surface area (Å²) in [6.45, 7) is 8.70. The maximum absolute atomic E-state index is 12.6. The second-order valence-electron chi connectivity index (χ2n) is 8.44. The molecule has 2 aromatic rings. The highest BCUT2D eigenvalue weighted by Gasteiger charge is 2.19. The number of ether oxygens (including phenoxy) is 2. The minimum absolute atomic E-state index is 0.167. The third-order valence-corrected chi connectivity index (χ3v) is 5.59. The third-order valence-electron chi connectivity index (χ3n) is 5.59.